The van der Waals surface area contributed by atoms with Gasteiger partial charge in [0.2, 0.25) is 11.7 Å². The van der Waals surface area contributed by atoms with Crippen molar-refractivity contribution in [2.24, 2.45) is 0 Å². The van der Waals surface area contributed by atoms with Crippen LogP contribution in [0, 0.1) is 6.92 Å². The van der Waals surface area contributed by atoms with Crippen molar-refractivity contribution in [3.8, 4) is 17.1 Å². The summed E-state index contributed by atoms with van der Waals surface area (Å²) in [7, 11) is 0. The molecule has 3 aromatic rings. The van der Waals surface area contributed by atoms with E-state index in [4.69, 9.17) is 4.52 Å². The molecule has 1 heterocycles. The fourth-order valence-corrected chi connectivity index (χ4v) is 2.63. The minimum atomic E-state index is 0.232. The molecule has 0 amide bonds. The van der Waals surface area contributed by atoms with E-state index in [1.807, 2.05) is 31.2 Å². The molecule has 0 fully saturated rings. The monoisotopic (exact) mass is 344 g/mol. The molecule has 0 atom stereocenters. The largest absolute Gasteiger partial charge is 0.508 e. The van der Waals surface area contributed by atoms with E-state index in [0.717, 1.165) is 21.2 Å². The second-order valence-electron chi connectivity index (χ2n) is 4.82. The van der Waals surface area contributed by atoms with Gasteiger partial charge in [0.1, 0.15) is 5.75 Å². The van der Waals surface area contributed by atoms with Gasteiger partial charge in [0.25, 0.3) is 0 Å². The normalized spacial score (nSPS) is 10.8. The van der Waals surface area contributed by atoms with Crippen molar-refractivity contribution in [1.29, 1.82) is 0 Å². The molecule has 0 saturated heterocycles. The molecule has 4 nitrogen and oxygen atoms in total. The van der Waals surface area contributed by atoms with E-state index in [0.29, 0.717) is 18.1 Å². The molecule has 0 saturated carbocycles. The molecular weight excluding hydrogens is 332 g/mol. The second-order valence-corrected chi connectivity index (χ2v) is 5.73. The third kappa shape index (κ3) is 3.13. The van der Waals surface area contributed by atoms with Crippen molar-refractivity contribution in [1.82, 2.24) is 10.1 Å². The summed E-state index contributed by atoms with van der Waals surface area (Å²) in [5, 5.41) is 13.5. The smallest absolute Gasteiger partial charge is 0.231 e. The molecule has 1 aromatic heterocycles. The van der Waals surface area contributed by atoms with Crippen LogP contribution in [0.3, 0.4) is 0 Å². The summed E-state index contributed by atoms with van der Waals surface area (Å²) in [6, 6.07) is 13.0. The number of halogens is 1. The molecule has 2 aromatic carbocycles. The third-order valence-electron chi connectivity index (χ3n) is 3.16. The van der Waals surface area contributed by atoms with Crippen molar-refractivity contribution in [3.05, 3.63) is 64.0 Å². The van der Waals surface area contributed by atoms with Gasteiger partial charge in [-0.1, -0.05) is 33.2 Å². The van der Waals surface area contributed by atoms with E-state index in [9.17, 15) is 5.11 Å². The van der Waals surface area contributed by atoms with Crippen LogP contribution in [0.2, 0.25) is 0 Å². The Morgan fingerprint density at radius 2 is 2.05 bits per heavy atom. The number of rotatable bonds is 3. The Kier molecular flexibility index (Phi) is 3.75. The van der Waals surface area contributed by atoms with Crippen molar-refractivity contribution >= 4 is 15.9 Å². The average molecular weight is 345 g/mol. The van der Waals surface area contributed by atoms with E-state index >= 15 is 0 Å². The predicted octanol–water partition coefficient (Wildman–Crippen LogP) is 4.10. The maximum atomic E-state index is 9.47. The zero-order valence-electron chi connectivity index (χ0n) is 11.4. The lowest BCUT2D eigenvalue weighted by atomic mass is 10.1. The quantitative estimate of drug-likeness (QED) is 0.776. The molecule has 0 aliphatic heterocycles. The Labute approximate surface area is 130 Å². The first-order valence-corrected chi connectivity index (χ1v) is 7.28. The van der Waals surface area contributed by atoms with Crippen molar-refractivity contribution < 1.29 is 9.63 Å². The maximum absolute atomic E-state index is 9.47. The Morgan fingerprint density at radius 1 is 1.19 bits per heavy atom. The minimum Gasteiger partial charge on any atom is -0.508 e. The molecule has 5 heteroatoms. The lowest BCUT2D eigenvalue weighted by molar-refractivity contribution is 0.385. The van der Waals surface area contributed by atoms with E-state index in [1.54, 1.807) is 18.2 Å². The summed E-state index contributed by atoms with van der Waals surface area (Å²) in [6.07, 6.45) is 0.497. The number of aryl methyl sites for hydroxylation is 1. The van der Waals surface area contributed by atoms with Crippen LogP contribution in [-0.2, 0) is 6.42 Å². The van der Waals surface area contributed by atoms with Crippen LogP contribution in [0.5, 0.6) is 5.75 Å². The van der Waals surface area contributed by atoms with Crippen LogP contribution in [0.4, 0.5) is 0 Å². The van der Waals surface area contributed by atoms with Gasteiger partial charge < -0.3 is 9.63 Å². The number of hydrogen-bond donors (Lipinski definition) is 1. The fraction of sp³-hybridized carbons (Fsp3) is 0.125. The highest BCUT2D eigenvalue weighted by Gasteiger charge is 2.11. The van der Waals surface area contributed by atoms with Crippen LogP contribution < -0.4 is 0 Å². The molecule has 1 N–H and O–H groups in total. The summed E-state index contributed by atoms with van der Waals surface area (Å²) < 4.78 is 6.31. The van der Waals surface area contributed by atoms with E-state index in [1.165, 1.54) is 0 Å². The van der Waals surface area contributed by atoms with Crippen molar-refractivity contribution in [3.63, 3.8) is 0 Å². The van der Waals surface area contributed by atoms with Crippen molar-refractivity contribution in [2.75, 3.05) is 0 Å². The molecular formula is C16H13BrN2O2. The minimum absolute atomic E-state index is 0.232. The van der Waals surface area contributed by atoms with Gasteiger partial charge in [0, 0.05) is 10.0 Å². The Morgan fingerprint density at radius 3 is 2.81 bits per heavy atom. The van der Waals surface area contributed by atoms with Gasteiger partial charge in [-0.2, -0.15) is 4.98 Å². The predicted molar refractivity (Wildman–Crippen MR) is 83.1 cm³/mol. The van der Waals surface area contributed by atoms with Gasteiger partial charge in [-0.25, -0.2) is 0 Å². The SMILES string of the molecule is Cc1cc(Br)ccc1-c1noc(Cc2cccc(O)c2)n1. The number of phenols is 1. The van der Waals surface area contributed by atoms with Crippen LogP contribution in [-0.4, -0.2) is 15.2 Å². The molecule has 0 spiro atoms. The molecule has 0 bridgehead atoms. The Bertz CT molecular complexity index is 783. The summed E-state index contributed by atoms with van der Waals surface area (Å²) >= 11 is 3.44. The van der Waals surface area contributed by atoms with E-state index < -0.39 is 0 Å². The molecule has 0 aliphatic carbocycles. The highest BCUT2D eigenvalue weighted by molar-refractivity contribution is 9.10. The van der Waals surface area contributed by atoms with E-state index in [-0.39, 0.29) is 5.75 Å². The number of nitrogens with zero attached hydrogens (tertiary/aromatic N) is 2. The lowest BCUT2D eigenvalue weighted by Gasteiger charge is -2.00. The molecule has 0 radical (unpaired) electrons. The number of phenolic OH excluding ortho intramolecular Hbond substituents is 1. The number of aromatic nitrogens is 2. The zero-order valence-corrected chi connectivity index (χ0v) is 13.0. The summed E-state index contributed by atoms with van der Waals surface area (Å²) in [6.45, 7) is 2.01. The summed E-state index contributed by atoms with van der Waals surface area (Å²) in [5.74, 6) is 1.34. The van der Waals surface area contributed by atoms with Gasteiger partial charge >= 0.3 is 0 Å². The summed E-state index contributed by atoms with van der Waals surface area (Å²) in [4.78, 5) is 4.42. The fourth-order valence-electron chi connectivity index (χ4n) is 2.16. The molecule has 3 rings (SSSR count). The highest BCUT2D eigenvalue weighted by Crippen LogP contribution is 2.24. The Hall–Kier alpha value is -2.14. The van der Waals surface area contributed by atoms with Crippen LogP contribution >= 0.6 is 15.9 Å². The van der Waals surface area contributed by atoms with E-state index in [2.05, 4.69) is 26.1 Å². The van der Waals surface area contributed by atoms with Crippen molar-refractivity contribution in [2.45, 2.75) is 13.3 Å². The van der Waals surface area contributed by atoms with Crippen LogP contribution in [0.1, 0.15) is 17.0 Å². The van der Waals surface area contributed by atoms with Gasteiger partial charge in [-0.3, -0.25) is 0 Å². The first kappa shape index (κ1) is 13.8. The number of benzene rings is 2. The zero-order chi connectivity index (χ0) is 14.8. The third-order valence-corrected chi connectivity index (χ3v) is 3.66. The van der Waals surface area contributed by atoms with Crippen LogP contribution in [0.25, 0.3) is 11.4 Å². The topological polar surface area (TPSA) is 59.2 Å². The summed E-state index contributed by atoms with van der Waals surface area (Å²) in [5.41, 5.74) is 2.95. The standard InChI is InChI=1S/C16H13BrN2O2/c1-10-7-12(17)5-6-14(10)16-18-15(21-19-16)9-11-3-2-4-13(20)8-11/h2-8,20H,9H2,1H3. The van der Waals surface area contributed by atoms with Gasteiger partial charge in [-0.05, 0) is 48.4 Å². The van der Waals surface area contributed by atoms with Crippen LogP contribution in [0.15, 0.2) is 51.5 Å². The molecule has 106 valence electrons. The first-order valence-electron chi connectivity index (χ1n) is 6.49. The number of aromatic hydroxyl groups is 1. The Balaban J connectivity index is 1.86. The first-order chi connectivity index (χ1) is 10.1. The average Bonchev–Trinajstić information content (AvgIpc) is 2.87. The highest BCUT2D eigenvalue weighted by atomic mass is 79.9. The van der Waals surface area contributed by atoms with Gasteiger partial charge in [-0.15, -0.1) is 0 Å². The number of hydrogen-bond acceptors (Lipinski definition) is 4. The molecule has 0 aliphatic rings. The second kappa shape index (κ2) is 5.69. The van der Waals surface area contributed by atoms with Gasteiger partial charge in [0.05, 0.1) is 6.42 Å². The molecule has 21 heavy (non-hydrogen) atoms. The van der Waals surface area contributed by atoms with Gasteiger partial charge in [0.15, 0.2) is 0 Å². The lowest BCUT2D eigenvalue weighted by Crippen LogP contribution is -1.89. The molecule has 0 unspecified atom stereocenters. The maximum Gasteiger partial charge on any atom is 0.231 e.